The molecule has 21 heavy (non-hydrogen) atoms. The van der Waals surface area contributed by atoms with Gasteiger partial charge in [-0.05, 0) is 31.6 Å². The number of amides is 2. The fourth-order valence-corrected chi connectivity index (χ4v) is 4.70. The minimum absolute atomic E-state index is 0.0527. The molecule has 0 aromatic carbocycles. The Labute approximate surface area is 127 Å². The number of carbonyl (C=O) groups excluding carboxylic acids is 2. The minimum Gasteiger partial charge on any atom is -0.340 e. The molecule has 3 aliphatic rings. The maximum atomic E-state index is 13.1. The monoisotopic (exact) mass is 292 g/mol. The van der Waals surface area contributed by atoms with Crippen LogP contribution in [-0.4, -0.2) is 34.8 Å². The van der Waals surface area contributed by atoms with Crippen molar-refractivity contribution in [1.82, 2.24) is 10.2 Å². The van der Waals surface area contributed by atoms with Gasteiger partial charge in [0.15, 0.2) is 0 Å². The average molecular weight is 292 g/mol. The van der Waals surface area contributed by atoms with Crippen LogP contribution in [0.25, 0.3) is 0 Å². The summed E-state index contributed by atoms with van der Waals surface area (Å²) in [7, 11) is 0. The molecule has 1 spiro atoms. The summed E-state index contributed by atoms with van der Waals surface area (Å²) < 4.78 is 0. The van der Waals surface area contributed by atoms with Gasteiger partial charge in [-0.1, -0.05) is 45.4 Å². The second-order valence-corrected chi connectivity index (χ2v) is 7.14. The van der Waals surface area contributed by atoms with Gasteiger partial charge in [-0.15, -0.1) is 0 Å². The molecule has 3 fully saturated rings. The third-order valence-corrected chi connectivity index (χ3v) is 5.86. The first-order valence-electron chi connectivity index (χ1n) is 8.78. The zero-order valence-corrected chi connectivity index (χ0v) is 13.2. The van der Waals surface area contributed by atoms with Crippen LogP contribution in [0.2, 0.25) is 0 Å². The van der Waals surface area contributed by atoms with Crippen LogP contribution in [0.4, 0.5) is 0 Å². The first kappa shape index (κ1) is 14.9. The van der Waals surface area contributed by atoms with E-state index in [1.54, 1.807) is 0 Å². The molecule has 1 N–H and O–H groups in total. The van der Waals surface area contributed by atoms with Gasteiger partial charge in [0.1, 0.15) is 5.54 Å². The molecular formula is C17H28N2O2. The summed E-state index contributed by atoms with van der Waals surface area (Å²) in [6.45, 7) is 2.50. The van der Waals surface area contributed by atoms with Gasteiger partial charge in [-0.25, -0.2) is 0 Å². The molecule has 118 valence electrons. The summed E-state index contributed by atoms with van der Waals surface area (Å²) in [5.41, 5.74) is -0.566. The second-order valence-electron chi connectivity index (χ2n) is 7.14. The highest BCUT2D eigenvalue weighted by Gasteiger charge is 2.49. The second kappa shape index (κ2) is 5.98. The molecule has 2 aliphatic carbocycles. The van der Waals surface area contributed by atoms with Crippen molar-refractivity contribution in [3.8, 4) is 0 Å². The van der Waals surface area contributed by atoms with Gasteiger partial charge in [0.05, 0.1) is 6.54 Å². The van der Waals surface area contributed by atoms with Crippen LogP contribution in [0.5, 0.6) is 0 Å². The highest BCUT2D eigenvalue weighted by molar-refractivity contribution is 5.98. The van der Waals surface area contributed by atoms with Gasteiger partial charge in [0.25, 0.3) is 0 Å². The third-order valence-electron chi connectivity index (χ3n) is 5.86. The fraction of sp³-hybridized carbons (Fsp3) is 0.882. The normalized spacial score (nSPS) is 33.1. The number of hydrogen-bond acceptors (Lipinski definition) is 2. The number of nitrogens with one attached hydrogen (secondary N) is 1. The molecule has 1 saturated heterocycles. The topological polar surface area (TPSA) is 49.4 Å². The molecule has 4 heteroatoms. The van der Waals surface area contributed by atoms with Gasteiger partial charge in [0, 0.05) is 6.04 Å². The molecular weight excluding hydrogens is 264 g/mol. The van der Waals surface area contributed by atoms with Crippen LogP contribution in [-0.2, 0) is 9.59 Å². The molecule has 4 nitrogen and oxygen atoms in total. The van der Waals surface area contributed by atoms with E-state index in [1.807, 2.05) is 4.90 Å². The summed E-state index contributed by atoms with van der Waals surface area (Å²) >= 11 is 0. The van der Waals surface area contributed by atoms with Crippen molar-refractivity contribution in [3.63, 3.8) is 0 Å². The van der Waals surface area contributed by atoms with E-state index in [2.05, 4.69) is 12.2 Å². The Bertz CT molecular complexity index is 415. The molecule has 0 aromatic rings. The van der Waals surface area contributed by atoms with E-state index in [9.17, 15) is 9.59 Å². The largest absolute Gasteiger partial charge is 0.340 e. The summed E-state index contributed by atoms with van der Waals surface area (Å²) in [6, 6.07) is 0.293. The van der Waals surface area contributed by atoms with E-state index in [1.165, 1.54) is 25.7 Å². The highest BCUT2D eigenvalue weighted by atomic mass is 16.2. The Morgan fingerprint density at radius 3 is 2.52 bits per heavy atom. The highest BCUT2D eigenvalue weighted by Crippen LogP contribution is 2.37. The molecule has 0 radical (unpaired) electrons. The molecule has 0 aromatic heterocycles. The van der Waals surface area contributed by atoms with Crippen molar-refractivity contribution in [2.24, 2.45) is 5.92 Å². The lowest BCUT2D eigenvalue weighted by atomic mass is 9.76. The Morgan fingerprint density at radius 2 is 1.81 bits per heavy atom. The Morgan fingerprint density at radius 1 is 1.10 bits per heavy atom. The number of carbonyl (C=O) groups is 2. The van der Waals surface area contributed by atoms with E-state index in [4.69, 9.17) is 0 Å². The predicted octanol–water partition coefficient (Wildman–Crippen LogP) is 2.62. The Balaban J connectivity index is 1.83. The lowest BCUT2D eigenvalue weighted by molar-refractivity contribution is -0.156. The number of rotatable bonds is 2. The van der Waals surface area contributed by atoms with Gasteiger partial charge < -0.3 is 10.2 Å². The first-order valence-corrected chi connectivity index (χ1v) is 8.78. The van der Waals surface area contributed by atoms with Crippen molar-refractivity contribution >= 4 is 11.8 Å². The van der Waals surface area contributed by atoms with Crippen molar-refractivity contribution in [3.05, 3.63) is 0 Å². The Kier molecular flexibility index (Phi) is 4.23. The third kappa shape index (κ3) is 2.69. The van der Waals surface area contributed by atoms with Crippen LogP contribution in [0.15, 0.2) is 0 Å². The lowest BCUT2D eigenvalue weighted by Crippen LogP contribution is -2.69. The van der Waals surface area contributed by atoms with Crippen molar-refractivity contribution < 1.29 is 9.59 Å². The summed E-state index contributed by atoms with van der Waals surface area (Å²) in [5.74, 6) is 0.846. The zero-order valence-electron chi connectivity index (χ0n) is 13.2. The average Bonchev–Trinajstić information content (AvgIpc) is 2.52. The van der Waals surface area contributed by atoms with Gasteiger partial charge in [0.2, 0.25) is 11.8 Å². The van der Waals surface area contributed by atoms with Gasteiger partial charge in [-0.2, -0.15) is 0 Å². The summed E-state index contributed by atoms with van der Waals surface area (Å²) in [6.07, 6.45) is 10.8. The van der Waals surface area contributed by atoms with Crippen molar-refractivity contribution in [1.29, 1.82) is 0 Å². The van der Waals surface area contributed by atoms with E-state index in [0.717, 1.165) is 38.5 Å². The van der Waals surface area contributed by atoms with Crippen LogP contribution in [0, 0.1) is 5.92 Å². The molecule has 2 amide bonds. The van der Waals surface area contributed by atoms with Crippen molar-refractivity contribution in [2.75, 3.05) is 6.54 Å². The standard InChI is InChI=1S/C17H28N2O2/c1-2-13-8-4-5-9-14(13)19-12-15(20)18-17(16(19)21)10-6-3-7-11-17/h13-14H,2-12H2,1H3,(H,18,20). The lowest BCUT2D eigenvalue weighted by Gasteiger charge is -2.49. The minimum atomic E-state index is -0.566. The summed E-state index contributed by atoms with van der Waals surface area (Å²) in [4.78, 5) is 27.3. The SMILES string of the molecule is CCC1CCCCC1N1CC(=O)NC2(CCCCC2)C1=O. The van der Waals surface area contributed by atoms with E-state index < -0.39 is 5.54 Å². The molecule has 0 bridgehead atoms. The number of nitrogens with zero attached hydrogens (tertiary/aromatic N) is 1. The molecule has 1 aliphatic heterocycles. The number of piperazine rings is 1. The smallest absolute Gasteiger partial charge is 0.249 e. The van der Waals surface area contributed by atoms with Crippen LogP contribution in [0.3, 0.4) is 0 Å². The fourth-order valence-electron chi connectivity index (χ4n) is 4.70. The summed E-state index contributed by atoms with van der Waals surface area (Å²) in [5, 5.41) is 3.05. The van der Waals surface area contributed by atoms with Crippen molar-refractivity contribution in [2.45, 2.75) is 82.7 Å². The Hall–Kier alpha value is -1.06. The first-order chi connectivity index (χ1) is 10.2. The molecule has 2 saturated carbocycles. The zero-order chi connectivity index (χ0) is 14.9. The number of hydrogen-bond donors (Lipinski definition) is 1. The predicted molar refractivity (Wildman–Crippen MR) is 81.7 cm³/mol. The molecule has 1 heterocycles. The molecule has 3 rings (SSSR count). The van der Waals surface area contributed by atoms with Crippen LogP contribution < -0.4 is 5.32 Å². The maximum absolute atomic E-state index is 13.1. The van der Waals surface area contributed by atoms with Crippen LogP contribution >= 0.6 is 0 Å². The quantitative estimate of drug-likeness (QED) is 0.850. The van der Waals surface area contributed by atoms with E-state index >= 15 is 0 Å². The van der Waals surface area contributed by atoms with E-state index in [-0.39, 0.29) is 18.4 Å². The van der Waals surface area contributed by atoms with Gasteiger partial charge >= 0.3 is 0 Å². The molecule has 2 atom stereocenters. The van der Waals surface area contributed by atoms with E-state index in [0.29, 0.717) is 12.0 Å². The van der Waals surface area contributed by atoms with Gasteiger partial charge in [-0.3, -0.25) is 9.59 Å². The maximum Gasteiger partial charge on any atom is 0.249 e. The molecule has 2 unspecified atom stereocenters. The van der Waals surface area contributed by atoms with Crippen LogP contribution in [0.1, 0.15) is 71.1 Å².